The number of carbonyl (C=O) groups is 1. The van der Waals surface area contributed by atoms with Gasteiger partial charge < -0.3 is 10.1 Å². The first-order valence-corrected chi connectivity index (χ1v) is 9.25. The molecule has 0 atom stereocenters. The smallest absolute Gasteiger partial charge is 0.262 e. The van der Waals surface area contributed by atoms with Gasteiger partial charge in [0.1, 0.15) is 0 Å². The molecule has 0 aliphatic heterocycles. The second kappa shape index (κ2) is 7.40. The SMILES string of the molecule is Cc1sc(C(=O)NCCOCC(C)C)cc1S(=O)(=O)Cl. The molecule has 1 amide bonds. The number of nitrogens with one attached hydrogen (secondary N) is 1. The minimum absolute atomic E-state index is 0.00891. The molecular formula is C12H18ClNO4S2. The standard InChI is InChI=1S/C12H18ClNO4S2/c1-8(2)7-18-5-4-14-12(15)10-6-11(9(3)19-10)20(13,16)17/h6,8H,4-5,7H2,1-3H3,(H,14,15). The van der Waals surface area contributed by atoms with Gasteiger partial charge in [-0.2, -0.15) is 0 Å². The normalized spacial score (nSPS) is 11.8. The van der Waals surface area contributed by atoms with Crippen molar-refractivity contribution in [3.05, 3.63) is 15.8 Å². The molecule has 20 heavy (non-hydrogen) atoms. The van der Waals surface area contributed by atoms with Crippen molar-refractivity contribution in [2.24, 2.45) is 5.92 Å². The molecule has 0 saturated heterocycles. The predicted molar refractivity (Wildman–Crippen MR) is 80.1 cm³/mol. The maximum atomic E-state index is 11.8. The lowest BCUT2D eigenvalue weighted by atomic mass is 10.2. The first-order valence-electron chi connectivity index (χ1n) is 6.13. The molecular weight excluding hydrogens is 322 g/mol. The summed E-state index contributed by atoms with van der Waals surface area (Å²) in [4.78, 5) is 12.7. The van der Waals surface area contributed by atoms with Gasteiger partial charge in [0.2, 0.25) is 0 Å². The summed E-state index contributed by atoms with van der Waals surface area (Å²) >= 11 is 1.10. The second-order valence-electron chi connectivity index (χ2n) is 4.69. The van der Waals surface area contributed by atoms with E-state index in [9.17, 15) is 13.2 Å². The summed E-state index contributed by atoms with van der Waals surface area (Å²) in [6, 6.07) is 1.30. The van der Waals surface area contributed by atoms with Crippen LogP contribution in [0.2, 0.25) is 0 Å². The van der Waals surface area contributed by atoms with Crippen molar-refractivity contribution < 1.29 is 17.9 Å². The Morgan fingerprint density at radius 1 is 1.50 bits per heavy atom. The van der Waals surface area contributed by atoms with Gasteiger partial charge in [0.15, 0.2) is 0 Å². The summed E-state index contributed by atoms with van der Waals surface area (Å²) in [5.74, 6) is 0.125. The molecule has 0 bridgehead atoms. The lowest BCUT2D eigenvalue weighted by Crippen LogP contribution is -2.27. The van der Waals surface area contributed by atoms with E-state index < -0.39 is 9.05 Å². The maximum Gasteiger partial charge on any atom is 0.262 e. The number of hydrogen-bond donors (Lipinski definition) is 1. The van der Waals surface area contributed by atoms with Crippen LogP contribution < -0.4 is 5.32 Å². The highest BCUT2D eigenvalue weighted by Crippen LogP contribution is 2.28. The monoisotopic (exact) mass is 339 g/mol. The van der Waals surface area contributed by atoms with Crippen LogP contribution in [0.15, 0.2) is 11.0 Å². The number of thiophene rings is 1. The fourth-order valence-electron chi connectivity index (χ4n) is 1.46. The maximum absolute atomic E-state index is 11.8. The summed E-state index contributed by atoms with van der Waals surface area (Å²) < 4.78 is 27.9. The quantitative estimate of drug-likeness (QED) is 0.611. The van der Waals surface area contributed by atoms with Crippen molar-refractivity contribution in [3.63, 3.8) is 0 Å². The molecule has 1 heterocycles. The van der Waals surface area contributed by atoms with Crippen LogP contribution in [0.25, 0.3) is 0 Å². The Hall–Kier alpha value is -0.630. The van der Waals surface area contributed by atoms with E-state index in [2.05, 4.69) is 5.32 Å². The molecule has 0 fully saturated rings. The molecule has 1 aromatic heterocycles. The van der Waals surface area contributed by atoms with Gasteiger partial charge in [-0.15, -0.1) is 11.3 Å². The summed E-state index contributed by atoms with van der Waals surface area (Å²) in [5, 5.41) is 2.67. The Morgan fingerprint density at radius 2 is 2.15 bits per heavy atom. The van der Waals surface area contributed by atoms with Gasteiger partial charge >= 0.3 is 0 Å². The van der Waals surface area contributed by atoms with Gasteiger partial charge in [-0.1, -0.05) is 13.8 Å². The van der Waals surface area contributed by atoms with Gasteiger partial charge in [0, 0.05) is 28.7 Å². The van der Waals surface area contributed by atoms with Crippen molar-refractivity contribution in [2.45, 2.75) is 25.7 Å². The Morgan fingerprint density at radius 3 is 2.65 bits per heavy atom. The van der Waals surface area contributed by atoms with E-state index in [0.29, 0.717) is 35.4 Å². The zero-order valence-corrected chi connectivity index (χ0v) is 14.0. The molecule has 0 aliphatic carbocycles. The van der Waals surface area contributed by atoms with E-state index in [4.69, 9.17) is 15.4 Å². The Bertz CT molecular complexity index is 566. The summed E-state index contributed by atoms with van der Waals surface area (Å²) in [7, 11) is 1.48. The van der Waals surface area contributed by atoms with Gasteiger partial charge in [0.05, 0.1) is 16.4 Å². The predicted octanol–water partition coefficient (Wildman–Crippen LogP) is 2.39. The second-order valence-corrected chi connectivity index (χ2v) is 8.48. The molecule has 1 aromatic rings. The first-order chi connectivity index (χ1) is 9.21. The van der Waals surface area contributed by atoms with E-state index in [1.54, 1.807) is 6.92 Å². The molecule has 8 heteroatoms. The summed E-state index contributed by atoms with van der Waals surface area (Å²) in [6.45, 7) is 7.15. The van der Waals surface area contributed by atoms with Crippen molar-refractivity contribution in [2.75, 3.05) is 19.8 Å². The highest BCUT2D eigenvalue weighted by atomic mass is 35.7. The van der Waals surface area contributed by atoms with Crippen LogP contribution in [-0.2, 0) is 13.8 Å². The minimum Gasteiger partial charge on any atom is -0.379 e. The molecule has 0 saturated carbocycles. The molecule has 0 unspecified atom stereocenters. The van der Waals surface area contributed by atoms with Crippen LogP contribution in [0.3, 0.4) is 0 Å². The van der Waals surface area contributed by atoms with Crippen LogP contribution in [0, 0.1) is 12.8 Å². The Balaban J connectivity index is 2.53. The molecule has 1 N–H and O–H groups in total. The number of halogens is 1. The van der Waals surface area contributed by atoms with Crippen LogP contribution in [0.5, 0.6) is 0 Å². The summed E-state index contributed by atoms with van der Waals surface area (Å²) in [6.07, 6.45) is 0. The molecule has 0 radical (unpaired) electrons. The Labute approximate surface area is 127 Å². The van der Waals surface area contributed by atoms with Crippen LogP contribution in [0.1, 0.15) is 28.4 Å². The largest absolute Gasteiger partial charge is 0.379 e. The third-order valence-electron chi connectivity index (χ3n) is 2.34. The topological polar surface area (TPSA) is 72.5 Å². The lowest BCUT2D eigenvalue weighted by Gasteiger charge is -2.07. The van der Waals surface area contributed by atoms with Gasteiger partial charge in [0.25, 0.3) is 15.0 Å². The fourth-order valence-corrected chi connectivity index (χ4v) is 4.04. The average Bonchev–Trinajstić information content (AvgIpc) is 2.70. The zero-order chi connectivity index (χ0) is 15.3. The molecule has 0 aliphatic rings. The minimum atomic E-state index is -3.81. The number of aryl methyl sites for hydroxylation is 1. The van der Waals surface area contributed by atoms with E-state index in [0.717, 1.165) is 11.3 Å². The highest BCUT2D eigenvalue weighted by Gasteiger charge is 2.20. The van der Waals surface area contributed by atoms with E-state index in [1.807, 2.05) is 13.8 Å². The number of amides is 1. The van der Waals surface area contributed by atoms with E-state index >= 15 is 0 Å². The third kappa shape index (κ3) is 5.40. The van der Waals surface area contributed by atoms with E-state index in [-0.39, 0.29) is 10.8 Å². The molecule has 5 nitrogen and oxygen atoms in total. The first kappa shape index (κ1) is 17.4. The fraction of sp³-hybridized carbons (Fsp3) is 0.583. The van der Waals surface area contributed by atoms with Crippen molar-refractivity contribution in [1.29, 1.82) is 0 Å². The van der Waals surface area contributed by atoms with Gasteiger partial charge in [-0.3, -0.25) is 4.79 Å². The Kier molecular flexibility index (Phi) is 6.44. The molecule has 114 valence electrons. The summed E-state index contributed by atoms with van der Waals surface area (Å²) in [5.41, 5.74) is 0. The average molecular weight is 340 g/mol. The van der Waals surface area contributed by atoms with Crippen molar-refractivity contribution >= 4 is 37.0 Å². The zero-order valence-electron chi connectivity index (χ0n) is 11.6. The molecule has 0 spiro atoms. The van der Waals surface area contributed by atoms with Crippen molar-refractivity contribution in [3.8, 4) is 0 Å². The molecule has 1 rings (SSSR count). The third-order valence-corrected chi connectivity index (χ3v) is 4.97. The van der Waals surface area contributed by atoms with Gasteiger partial charge in [-0.05, 0) is 18.9 Å². The molecule has 0 aromatic carbocycles. The number of rotatable bonds is 7. The van der Waals surface area contributed by atoms with Gasteiger partial charge in [-0.25, -0.2) is 8.42 Å². The van der Waals surface area contributed by atoms with Crippen molar-refractivity contribution in [1.82, 2.24) is 5.32 Å². The van der Waals surface area contributed by atoms with E-state index in [1.165, 1.54) is 6.07 Å². The number of ether oxygens (including phenoxy) is 1. The lowest BCUT2D eigenvalue weighted by molar-refractivity contribution is 0.0889. The van der Waals surface area contributed by atoms with Crippen LogP contribution in [0.4, 0.5) is 0 Å². The van der Waals surface area contributed by atoms with Crippen LogP contribution in [-0.4, -0.2) is 34.1 Å². The highest BCUT2D eigenvalue weighted by molar-refractivity contribution is 8.13. The van der Waals surface area contributed by atoms with Crippen LogP contribution >= 0.6 is 22.0 Å². The number of carbonyl (C=O) groups excluding carboxylic acids is 1. The number of hydrogen-bond acceptors (Lipinski definition) is 5.